The Hall–Kier alpha value is -2.35. The molecule has 132 valence electrons. The summed E-state index contributed by atoms with van der Waals surface area (Å²) in [4.78, 5) is 19.8. The van der Waals surface area contributed by atoms with E-state index in [2.05, 4.69) is 25.5 Å². The average Bonchev–Trinajstić information content (AvgIpc) is 3.19. The molecule has 0 aliphatic heterocycles. The lowest BCUT2D eigenvalue weighted by Gasteiger charge is -2.09. The molecule has 0 radical (unpaired) electrons. The Kier molecular flexibility index (Phi) is 5.08. The van der Waals surface area contributed by atoms with E-state index < -0.39 is 0 Å². The van der Waals surface area contributed by atoms with Crippen LogP contribution in [0.2, 0.25) is 0 Å². The minimum atomic E-state index is -0.327. The highest BCUT2D eigenvalue weighted by atomic mass is 32.2. The zero-order valence-corrected chi connectivity index (χ0v) is 15.5. The fourth-order valence-corrected chi connectivity index (χ4v) is 3.00. The highest BCUT2D eigenvalue weighted by Gasteiger charge is 2.18. The highest BCUT2D eigenvalue weighted by molar-refractivity contribution is 7.99. The number of aromatic nitrogens is 4. The van der Waals surface area contributed by atoms with Crippen LogP contribution >= 0.6 is 11.8 Å². The number of nitrogens with zero attached hydrogens (tertiary/aromatic N) is 3. The number of imidazole rings is 1. The third kappa shape index (κ3) is 4.19. The van der Waals surface area contributed by atoms with Crippen molar-refractivity contribution in [3.63, 3.8) is 0 Å². The van der Waals surface area contributed by atoms with Gasteiger partial charge in [-0.2, -0.15) is 0 Å². The van der Waals surface area contributed by atoms with Gasteiger partial charge in [-0.25, -0.2) is 4.98 Å². The van der Waals surface area contributed by atoms with Gasteiger partial charge in [-0.1, -0.05) is 31.7 Å². The average molecular weight is 359 g/mol. The first-order chi connectivity index (χ1) is 11.9. The van der Waals surface area contributed by atoms with Gasteiger partial charge in [-0.3, -0.25) is 4.79 Å². The highest BCUT2D eigenvalue weighted by Crippen LogP contribution is 2.21. The van der Waals surface area contributed by atoms with E-state index in [0.717, 1.165) is 16.2 Å². The minimum absolute atomic E-state index is 0.113. The smallest absolute Gasteiger partial charge is 0.238 e. The first-order valence-electron chi connectivity index (χ1n) is 8.14. The summed E-state index contributed by atoms with van der Waals surface area (Å²) in [6.45, 7) is 7.81. The lowest BCUT2D eigenvalue weighted by atomic mass is 10.2. The van der Waals surface area contributed by atoms with Crippen molar-refractivity contribution in [3.05, 3.63) is 35.5 Å². The fourth-order valence-electron chi connectivity index (χ4n) is 2.30. The van der Waals surface area contributed by atoms with E-state index in [-0.39, 0.29) is 23.6 Å². The second kappa shape index (κ2) is 7.26. The predicted octanol–water partition coefficient (Wildman–Crippen LogP) is 3.35. The van der Waals surface area contributed by atoms with Crippen LogP contribution in [-0.4, -0.2) is 31.8 Å². The maximum absolute atomic E-state index is 12.1. The molecule has 2 heterocycles. The van der Waals surface area contributed by atoms with Crippen LogP contribution in [0.1, 0.15) is 50.1 Å². The summed E-state index contributed by atoms with van der Waals surface area (Å²) in [5.74, 6) is 1.30. The van der Waals surface area contributed by atoms with Crippen molar-refractivity contribution in [1.82, 2.24) is 25.5 Å². The van der Waals surface area contributed by atoms with Crippen LogP contribution in [0, 0.1) is 6.92 Å². The van der Waals surface area contributed by atoms with E-state index in [9.17, 15) is 4.79 Å². The van der Waals surface area contributed by atoms with Crippen molar-refractivity contribution >= 4 is 28.7 Å². The van der Waals surface area contributed by atoms with Crippen LogP contribution in [0.5, 0.6) is 0 Å². The maximum Gasteiger partial charge on any atom is 0.238 e. The lowest BCUT2D eigenvalue weighted by molar-refractivity contribution is -0.119. The van der Waals surface area contributed by atoms with E-state index in [1.807, 2.05) is 45.9 Å². The van der Waals surface area contributed by atoms with Crippen molar-refractivity contribution in [2.45, 2.75) is 44.8 Å². The number of hydrogen-bond donors (Lipinski definition) is 2. The summed E-state index contributed by atoms with van der Waals surface area (Å²) in [5.41, 5.74) is 3.04. The molecule has 0 fully saturated rings. The summed E-state index contributed by atoms with van der Waals surface area (Å²) in [5, 5.41) is 11.6. The number of aryl methyl sites for hydroxylation is 1. The Morgan fingerprint density at radius 2 is 2.04 bits per heavy atom. The van der Waals surface area contributed by atoms with Gasteiger partial charge in [-0.15, -0.1) is 10.2 Å². The number of thioether (sulfide) groups is 1. The molecule has 1 amide bonds. The van der Waals surface area contributed by atoms with E-state index in [0.29, 0.717) is 11.8 Å². The number of H-pyrrole nitrogens is 1. The number of amides is 1. The van der Waals surface area contributed by atoms with E-state index in [4.69, 9.17) is 4.42 Å². The first-order valence-corrected chi connectivity index (χ1v) is 9.12. The van der Waals surface area contributed by atoms with Gasteiger partial charge in [-0.05, 0) is 31.5 Å². The largest absolute Gasteiger partial charge is 0.423 e. The Bertz CT molecular complexity index is 886. The van der Waals surface area contributed by atoms with Crippen molar-refractivity contribution < 1.29 is 9.21 Å². The normalized spacial score (nSPS) is 12.7. The van der Waals surface area contributed by atoms with E-state index in [1.165, 1.54) is 17.3 Å². The second-order valence-electron chi connectivity index (χ2n) is 6.27. The molecule has 8 heteroatoms. The van der Waals surface area contributed by atoms with Gasteiger partial charge in [0.2, 0.25) is 17.7 Å². The van der Waals surface area contributed by atoms with Crippen molar-refractivity contribution in [3.8, 4) is 0 Å². The van der Waals surface area contributed by atoms with Gasteiger partial charge in [0, 0.05) is 5.92 Å². The summed E-state index contributed by atoms with van der Waals surface area (Å²) in [6, 6.07) is 5.69. The molecular weight excluding hydrogens is 338 g/mol. The molecule has 0 aliphatic carbocycles. The monoisotopic (exact) mass is 359 g/mol. The number of rotatable bonds is 6. The predicted molar refractivity (Wildman–Crippen MR) is 96.5 cm³/mol. The molecule has 0 aliphatic rings. The maximum atomic E-state index is 12.1. The van der Waals surface area contributed by atoms with Crippen molar-refractivity contribution in [1.29, 1.82) is 0 Å². The molecular formula is C17H21N5O2S. The van der Waals surface area contributed by atoms with E-state index >= 15 is 0 Å². The second-order valence-corrected chi connectivity index (χ2v) is 7.24. The molecule has 3 rings (SSSR count). The molecule has 1 aromatic carbocycles. The van der Waals surface area contributed by atoms with Crippen molar-refractivity contribution in [2.75, 3.05) is 5.75 Å². The Balaban J connectivity index is 1.56. The third-order valence-electron chi connectivity index (χ3n) is 3.65. The molecule has 7 nitrogen and oxygen atoms in total. The molecule has 2 N–H and O–H groups in total. The Morgan fingerprint density at radius 3 is 2.76 bits per heavy atom. The zero-order chi connectivity index (χ0) is 18.0. The topological polar surface area (TPSA) is 96.7 Å². The summed E-state index contributed by atoms with van der Waals surface area (Å²) < 4.78 is 5.56. The van der Waals surface area contributed by atoms with E-state index in [1.54, 1.807) is 0 Å². The molecule has 0 bridgehead atoms. The van der Waals surface area contributed by atoms with Gasteiger partial charge >= 0.3 is 0 Å². The standard InChI is InChI=1S/C17H21N5O2S/c1-9(2)15-21-22-16(24-15)11(4)18-14(23)8-25-17-19-12-6-5-10(3)7-13(12)20-17/h5-7,9,11H,8H2,1-4H3,(H,18,23)(H,19,20)/t11-/m0/s1. The quantitative estimate of drug-likeness (QED) is 0.655. The van der Waals surface area contributed by atoms with Crippen LogP contribution < -0.4 is 5.32 Å². The third-order valence-corrected chi connectivity index (χ3v) is 4.53. The first kappa shape index (κ1) is 17.5. The summed E-state index contributed by atoms with van der Waals surface area (Å²) in [6.07, 6.45) is 0. The Labute approximate surface area is 150 Å². The molecule has 0 unspecified atom stereocenters. The fraction of sp³-hybridized carbons (Fsp3) is 0.412. The van der Waals surface area contributed by atoms with Gasteiger partial charge in [0.15, 0.2) is 5.16 Å². The Morgan fingerprint density at radius 1 is 1.28 bits per heavy atom. The number of carbonyl (C=O) groups is 1. The molecule has 2 aromatic heterocycles. The van der Waals surface area contributed by atoms with Crippen LogP contribution in [0.4, 0.5) is 0 Å². The van der Waals surface area contributed by atoms with Crippen LogP contribution in [-0.2, 0) is 4.79 Å². The molecule has 1 atom stereocenters. The number of aromatic amines is 1. The van der Waals surface area contributed by atoms with Gasteiger partial charge in [0.25, 0.3) is 0 Å². The molecule has 3 aromatic rings. The lowest BCUT2D eigenvalue weighted by Crippen LogP contribution is -2.28. The number of fused-ring (bicyclic) bond motifs is 1. The number of benzene rings is 1. The van der Waals surface area contributed by atoms with Crippen molar-refractivity contribution in [2.24, 2.45) is 0 Å². The van der Waals surface area contributed by atoms with Crippen LogP contribution in [0.15, 0.2) is 27.8 Å². The van der Waals surface area contributed by atoms with Gasteiger partial charge in [0.1, 0.15) is 6.04 Å². The van der Waals surface area contributed by atoms with Gasteiger partial charge < -0.3 is 14.7 Å². The van der Waals surface area contributed by atoms with Crippen LogP contribution in [0.25, 0.3) is 11.0 Å². The SMILES string of the molecule is Cc1ccc2nc(SCC(=O)N[C@@H](C)c3nnc(C(C)C)o3)[nH]c2c1. The molecule has 0 spiro atoms. The molecule has 0 saturated carbocycles. The summed E-state index contributed by atoms with van der Waals surface area (Å²) in [7, 11) is 0. The molecule has 0 saturated heterocycles. The number of carbonyl (C=O) groups excluding carboxylic acids is 1. The molecule has 25 heavy (non-hydrogen) atoms. The zero-order valence-electron chi connectivity index (χ0n) is 14.7. The van der Waals surface area contributed by atoms with Gasteiger partial charge in [0.05, 0.1) is 16.8 Å². The number of hydrogen-bond acceptors (Lipinski definition) is 6. The minimum Gasteiger partial charge on any atom is -0.423 e. The number of nitrogens with one attached hydrogen (secondary N) is 2. The van der Waals surface area contributed by atoms with Crippen LogP contribution in [0.3, 0.4) is 0 Å². The summed E-state index contributed by atoms with van der Waals surface area (Å²) >= 11 is 1.36.